The van der Waals surface area contributed by atoms with Crippen LogP contribution in [0.4, 0.5) is 5.13 Å². The molecule has 0 aliphatic rings. The number of rotatable bonds is 5. The Morgan fingerprint density at radius 2 is 2.00 bits per heavy atom. The number of hydrogen-bond acceptors (Lipinski definition) is 4. The molecule has 0 unspecified atom stereocenters. The molecular formula is C18H17BrN2OS2. The van der Waals surface area contributed by atoms with Gasteiger partial charge in [0.05, 0.1) is 16.6 Å². The summed E-state index contributed by atoms with van der Waals surface area (Å²) in [6.07, 6.45) is 0.353. The number of thiazole rings is 1. The van der Waals surface area contributed by atoms with Crippen molar-refractivity contribution in [2.75, 3.05) is 5.32 Å². The number of nitrogens with one attached hydrogen (secondary N) is 1. The van der Waals surface area contributed by atoms with E-state index in [2.05, 4.69) is 52.2 Å². The lowest BCUT2D eigenvalue weighted by Crippen LogP contribution is -2.14. The lowest BCUT2D eigenvalue weighted by atomic mass is 10.1. The Kier molecular flexibility index (Phi) is 5.58. The van der Waals surface area contributed by atoms with Crippen molar-refractivity contribution in [3.05, 3.63) is 52.5 Å². The van der Waals surface area contributed by atoms with Crippen LogP contribution in [0.2, 0.25) is 0 Å². The highest BCUT2D eigenvalue weighted by atomic mass is 79.9. The first-order chi connectivity index (χ1) is 11.5. The van der Waals surface area contributed by atoms with Gasteiger partial charge in [0.2, 0.25) is 5.91 Å². The second-order valence-electron chi connectivity index (χ2n) is 5.67. The summed E-state index contributed by atoms with van der Waals surface area (Å²) in [5.41, 5.74) is 1.90. The van der Waals surface area contributed by atoms with Gasteiger partial charge >= 0.3 is 0 Å². The first kappa shape index (κ1) is 17.5. The average molecular weight is 421 g/mol. The molecule has 3 aromatic rings. The van der Waals surface area contributed by atoms with Gasteiger partial charge in [-0.1, -0.05) is 53.2 Å². The molecule has 3 nitrogen and oxygen atoms in total. The molecule has 0 radical (unpaired) electrons. The summed E-state index contributed by atoms with van der Waals surface area (Å²) in [5.74, 6) is -0.0441. The third-order valence-corrected chi connectivity index (χ3v) is 5.70. The Hall–Kier alpha value is -1.37. The van der Waals surface area contributed by atoms with E-state index in [4.69, 9.17) is 0 Å². The van der Waals surface area contributed by atoms with Crippen molar-refractivity contribution in [1.82, 2.24) is 4.98 Å². The maximum atomic E-state index is 12.2. The van der Waals surface area contributed by atoms with Crippen molar-refractivity contribution < 1.29 is 4.79 Å². The average Bonchev–Trinajstić information content (AvgIpc) is 2.89. The molecule has 1 amide bonds. The van der Waals surface area contributed by atoms with Gasteiger partial charge < -0.3 is 5.32 Å². The summed E-state index contributed by atoms with van der Waals surface area (Å²) in [5, 5.41) is 4.09. The van der Waals surface area contributed by atoms with Crippen molar-refractivity contribution in [3.8, 4) is 0 Å². The zero-order valence-corrected chi connectivity index (χ0v) is 16.6. The molecule has 2 aromatic carbocycles. The van der Waals surface area contributed by atoms with Crippen LogP contribution in [0.5, 0.6) is 0 Å². The van der Waals surface area contributed by atoms with Crippen molar-refractivity contribution in [1.29, 1.82) is 0 Å². The van der Waals surface area contributed by atoms with Crippen molar-refractivity contribution >= 4 is 60.3 Å². The van der Waals surface area contributed by atoms with Crippen LogP contribution < -0.4 is 5.32 Å². The summed E-state index contributed by atoms with van der Waals surface area (Å²) in [4.78, 5) is 17.9. The van der Waals surface area contributed by atoms with Gasteiger partial charge in [0.15, 0.2) is 5.13 Å². The Bertz CT molecular complexity index is 859. The van der Waals surface area contributed by atoms with Crippen LogP contribution in [0.25, 0.3) is 10.2 Å². The maximum Gasteiger partial charge on any atom is 0.230 e. The van der Waals surface area contributed by atoms with E-state index in [9.17, 15) is 4.79 Å². The molecule has 1 N–H and O–H groups in total. The maximum absolute atomic E-state index is 12.2. The van der Waals surface area contributed by atoms with Gasteiger partial charge in [-0.3, -0.25) is 4.79 Å². The largest absolute Gasteiger partial charge is 0.302 e. The van der Waals surface area contributed by atoms with Crippen LogP contribution >= 0.6 is 39.0 Å². The number of aromatic nitrogens is 1. The van der Waals surface area contributed by atoms with Crippen molar-refractivity contribution in [2.45, 2.75) is 30.4 Å². The Labute approximate surface area is 158 Å². The van der Waals surface area contributed by atoms with Crippen molar-refractivity contribution in [3.63, 3.8) is 0 Å². The number of thioether (sulfide) groups is 1. The standard InChI is InChI=1S/C18H17BrN2OS2/c1-11(2)23-14-6-3-12(4-7-14)9-17(22)21-18-20-15-8-5-13(19)10-16(15)24-18/h3-8,10-11H,9H2,1-2H3,(H,20,21,22). The Morgan fingerprint density at radius 1 is 1.25 bits per heavy atom. The Balaban J connectivity index is 1.64. The molecule has 0 aliphatic heterocycles. The highest BCUT2D eigenvalue weighted by Gasteiger charge is 2.09. The highest BCUT2D eigenvalue weighted by Crippen LogP contribution is 2.28. The van der Waals surface area contributed by atoms with Gasteiger partial charge in [0, 0.05) is 14.6 Å². The lowest BCUT2D eigenvalue weighted by molar-refractivity contribution is -0.115. The number of carbonyl (C=O) groups is 1. The van der Waals surface area contributed by atoms with Crippen molar-refractivity contribution in [2.24, 2.45) is 0 Å². The van der Waals surface area contributed by atoms with E-state index in [1.807, 2.05) is 42.1 Å². The molecule has 124 valence electrons. The van der Waals surface area contributed by atoms with Crippen LogP contribution in [-0.4, -0.2) is 16.1 Å². The number of hydrogen-bond donors (Lipinski definition) is 1. The van der Waals surface area contributed by atoms with Gasteiger partial charge in [0.25, 0.3) is 0 Å². The van der Waals surface area contributed by atoms with Crippen LogP contribution in [-0.2, 0) is 11.2 Å². The zero-order valence-electron chi connectivity index (χ0n) is 13.4. The molecule has 1 heterocycles. The number of nitrogens with zero attached hydrogens (tertiary/aromatic N) is 1. The smallest absolute Gasteiger partial charge is 0.230 e. The molecule has 1 aromatic heterocycles. The monoisotopic (exact) mass is 420 g/mol. The lowest BCUT2D eigenvalue weighted by Gasteiger charge is -2.06. The van der Waals surface area contributed by atoms with E-state index in [-0.39, 0.29) is 5.91 Å². The van der Waals surface area contributed by atoms with E-state index >= 15 is 0 Å². The molecule has 0 saturated heterocycles. The number of carbonyl (C=O) groups excluding carboxylic acids is 1. The second kappa shape index (κ2) is 7.68. The second-order valence-corrected chi connectivity index (χ2v) is 9.26. The quantitative estimate of drug-likeness (QED) is 0.534. The fraction of sp³-hybridized carbons (Fsp3) is 0.222. The summed E-state index contributed by atoms with van der Waals surface area (Å²) in [6, 6.07) is 14.1. The normalized spacial score (nSPS) is 11.2. The molecule has 6 heteroatoms. The molecule has 0 fully saturated rings. The van der Waals surface area contributed by atoms with E-state index in [1.165, 1.54) is 16.2 Å². The summed E-state index contributed by atoms with van der Waals surface area (Å²) in [7, 11) is 0. The summed E-state index contributed by atoms with van der Waals surface area (Å²) < 4.78 is 2.06. The van der Waals surface area contributed by atoms with E-state index in [1.54, 1.807) is 0 Å². The SMILES string of the molecule is CC(C)Sc1ccc(CC(=O)Nc2nc3ccc(Br)cc3s2)cc1. The molecule has 0 aliphatic carbocycles. The van der Waals surface area contributed by atoms with E-state index < -0.39 is 0 Å². The van der Waals surface area contributed by atoms with Crippen LogP contribution in [0.15, 0.2) is 51.8 Å². The molecule has 0 spiro atoms. The summed E-state index contributed by atoms with van der Waals surface area (Å²) >= 11 is 6.75. The fourth-order valence-electron chi connectivity index (χ4n) is 2.26. The van der Waals surface area contributed by atoms with Gasteiger partial charge in [-0.25, -0.2) is 4.98 Å². The van der Waals surface area contributed by atoms with Gasteiger partial charge in [0.1, 0.15) is 0 Å². The van der Waals surface area contributed by atoms with Crippen LogP contribution in [0, 0.1) is 0 Å². The van der Waals surface area contributed by atoms with Gasteiger partial charge in [-0.05, 0) is 35.9 Å². The van der Waals surface area contributed by atoms with E-state index in [0.717, 1.165) is 20.3 Å². The topological polar surface area (TPSA) is 42.0 Å². The molecule has 0 atom stereocenters. The number of benzene rings is 2. The number of fused-ring (bicyclic) bond motifs is 1. The van der Waals surface area contributed by atoms with Gasteiger partial charge in [-0.2, -0.15) is 0 Å². The minimum atomic E-state index is -0.0441. The predicted octanol–water partition coefficient (Wildman–Crippen LogP) is 5.74. The summed E-state index contributed by atoms with van der Waals surface area (Å²) in [6.45, 7) is 4.34. The third-order valence-electron chi connectivity index (χ3n) is 3.26. The van der Waals surface area contributed by atoms with Crippen LogP contribution in [0.1, 0.15) is 19.4 Å². The fourth-order valence-corrected chi connectivity index (χ4v) is 4.53. The molecular weight excluding hydrogens is 404 g/mol. The van der Waals surface area contributed by atoms with Gasteiger partial charge in [-0.15, -0.1) is 11.8 Å². The third kappa shape index (κ3) is 4.59. The number of halogens is 1. The number of amides is 1. The minimum Gasteiger partial charge on any atom is -0.302 e. The van der Waals surface area contributed by atoms with E-state index in [0.29, 0.717) is 16.8 Å². The zero-order chi connectivity index (χ0) is 17.1. The first-order valence-electron chi connectivity index (χ1n) is 7.61. The highest BCUT2D eigenvalue weighted by molar-refractivity contribution is 9.10. The number of anilines is 1. The first-order valence-corrected chi connectivity index (χ1v) is 10.1. The molecule has 0 saturated carbocycles. The molecule has 0 bridgehead atoms. The molecule has 3 rings (SSSR count). The van der Waals surface area contributed by atoms with Crippen LogP contribution in [0.3, 0.4) is 0 Å². The minimum absolute atomic E-state index is 0.0441. The predicted molar refractivity (Wildman–Crippen MR) is 107 cm³/mol. The Morgan fingerprint density at radius 3 is 2.71 bits per heavy atom. The molecule has 24 heavy (non-hydrogen) atoms.